The second-order valence-corrected chi connectivity index (χ2v) is 9.36. The first-order chi connectivity index (χ1) is 14.8. The van der Waals surface area contributed by atoms with Gasteiger partial charge in [0.25, 0.3) is 5.56 Å². The van der Waals surface area contributed by atoms with E-state index in [1.807, 2.05) is 51.1 Å². The smallest absolute Gasteiger partial charge is 0.336 e. The first kappa shape index (κ1) is 21.4. The lowest BCUT2D eigenvalue weighted by atomic mass is 9.95. The molecule has 0 bridgehead atoms. The minimum Gasteiger partial charge on any atom is -0.423 e. The first-order valence-electron chi connectivity index (χ1n) is 10.5. The minimum absolute atomic E-state index is 0.0279. The lowest BCUT2D eigenvalue weighted by Crippen LogP contribution is -2.25. The van der Waals surface area contributed by atoms with E-state index >= 15 is 0 Å². The van der Waals surface area contributed by atoms with E-state index in [1.54, 1.807) is 10.6 Å². The van der Waals surface area contributed by atoms with Gasteiger partial charge in [-0.3, -0.25) is 9.36 Å². The van der Waals surface area contributed by atoms with Gasteiger partial charge >= 0.3 is 5.63 Å². The predicted octanol–water partition coefficient (Wildman–Crippen LogP) is 5.81. The van der Waals surface area contributed by atoms with E-state index in [0.717, 1.165) is 16.5 Å². The number of benzene rings is 2. The molecular formula is C25H26N2O3S. The number of aromatic nitrogens is 2. The quantitative estimate of drug-likeness (QED) is 0.225. The van der Waals surface area contributed by atoms with Crippen LogP contribution in [0.3, 0.4) is 0 Å². The molecule has 4 rings (SSSR count). The zero-order chi connectivity index (χ0) is 22.3. The van der Waals surface area contributed by atoms with Crippen LogP contribution in [0.1, 0.15) is 56.3 Å². The number of fused-ring (bicyclic) bond motifs is 2. The van der Waals surface area contributed by atoms with Gasteiger partial charge < -0.3 is 4.42 Å². The molecule has 2 heterocycles. The minimum atomic E-state index is -0.368. The summed E-state index contributed by atoms with van der Waals surface area (Å²) in [6.07, 6.45) is 0. The summed E-state index contributed by atoms with van der Waals surface area (Å²) < 4.78 is 7.20. The zero-order valence-corrected chi connectivity index (χ0v) is 19.2. The summed E-state index contributed by atoms with van der Waals surface area (Å²) in [5.74, 6) is 0.880. The molecule has 5 nitrogen and oxygen atoms in total. The highest BCUT2D eigenvalue weighted by Crippen LogP contribution is 2.30. The number of para-hydroxylation sites is 1. The summed E-state index contributed by atoms with van der Waals surface area (Å²) in [6, 6.07) is 13.0. The molecule has 0 unspecified atom stereocenters. The van der Waals surface area contributed by atoms with E-state index in [2.05, 4.69) is 19.9 Å². The maximum absolute atomic E-state index is 13.1. The number of hydrogen-bond donors (Lipinski definition) is 0. The fraction of sp³-hybridized carbons (Fsp3) is 0.320. The molecule has 0 saturated carbocycles. The van der Waals surface area contributed by atoms with E-state index in [0.29, 0.717) is 33.3 Å². The molecule has 0 fully saturated rings. The van der Waals surface area contributed by atoms with Crippen molar-refractivity contribution in [1.82, 2.24) is 9.55 Å². The van der Waals surface area contributed by atoms with Crippen LogP contribution in [-0.2, 0) is 5.75 Å². The second kappa shape index (κ2) is 8.35. The van der Waals surface area contributed by atoms with E-state index in [1.165, 1.54) is 17.3 Å². The molecule has 0 saturated heterocycles. The number of nitrogens with zero attached hydrogens (tertiary/aromatic N) is 2. The summed E-state index contributed by atoms with van der Waals surface area (Å²) in [5.41, 5.74) is 4.09. The van der Waals surface area contributed by atoms with Crippen molar-refractivity contribution in [2.24, 2.45) is 0 Å². The molecule has 0 N–H and O–H groups in total. The third-order valence-electron chi connectivity index (χ3n) is 5.49. The second-order valence-electron chi connectivity index (χ2n) is 8.42. The summed E-state index contributed by atoms with van der Waals surface area (Å²) in [7, 11) is 0. The average Bonchev–Trinajstić information content (AvgIpc) is 2.70. The van der Waals surface area contributed by atoms with Crippen molar-refractivity contribution >= 4 is 33.6 Å². The van der Waals surface area contributed by atoms with Crippen LogP contribution in [0.25, 0.3) is 21.9 Å². The summed E-state index contributed by atoms with van der Waals surface area (Å²) in [5, 5.41) is 2.19. The Morgan fingerprint density at radius 1 is 1.03 bits per heavy atom. The highest BCUT2D eigenvalue weighted by Gasteiger charge is 2.16. The maximum atomic E-state index is 13.1. The topological polar surface area (TPSA) is 65.1 Å². The Morgan fingerprint density at radius 3 is 2.48 bits per heavy atom. The summed E-state index contributed by atoms with van der Waals surface area (Å²) in [4.78, 5) is 30.0. The zero-order valence-electron chi connectivity index (χ0n) is 18.4. The van der Waals surface area contributed by atoms with Crippen LogP contribution in [0.15, 0.2) is 61.6 Å². The third-order valence-corrected chi connectivity index (χ3v) is 6.49. The highest BCUT2D eigenvalue weighted by atomic mass is 32.2. The standard InChI is InChI=1S/C25H26N2O3S/c1-14(2)19-12-20-17(11-23(28)30-22(20)10-16(19)5)13-31-25-26-21-9-7-6-8-18(21)24(29)27(25)15(3)4/h6-12,14-15H,13H2,1-5H3. The number of thioether (sulfide) groups is 1. The molecule has 0 amide bonds. The van der Waals surface area contributed by atoms with Crippen LogP contribution in [-0.4, -0.2) is 9.55 Å². The van der Waals surface area contributed by atoms with E-state index in [4.69, 9.17) is 9.40 Å². The predicted molar refractivity (Wildman–Crippen MR) is 127 cm³/mol. The average molecular weight is 435 g/mol. The van der Waals surface area contributed by atoms with Crippen molar-refractivity contribution in [3.05, 3.63) is 79.9 Å². The highest BCUT2D eigenvalue weighted by molar-refractivity contribution is 7.98. The van der Waals surface area contributed by atoms with Crippen molar-refractivity contribution < 1.29 is 4.42 Å². The third kappa shape index (κ3) is 4.04. The van der Waals surface area contributed by atoms with Gasteiger partial charge in [0.2, 0.25) is 0 Å². The number of hydrogen-bond acceptors (Lipinski definition) is 5. The van der Waals surface area contributed by atoms with Gasteiger partial charge in [-0.25, -0.2) is 9.78 Å². The molecule has 0 aliphatic carbocycles. The Morgan fingerprint density at radius 2 is 1.77 bits per heavy atom. The van der Waals surface area contributed by atoms with Crippen LogP contribution >= 0.6 is 11.8 Å². The Bertz CT molecular complexity index is 1400. The largest absolute Gasteiger partial charge is 0.423 e. The van der Waals surface area contributed by atoms with Gasteiger partial charge in [0.05, 0.1) is 10.9 Å². The molecular weight excluding hydrogens is 408 g/mol. The van der Waals surface area contributed by atoms with Crippen molar-refractivity contribution in [3.63, 3.8) is 0 Å². The normalized spacial score (nSPS) is 11.8. The molecule has 160 valence electrons. The molecule has 2 aromatic carbocycles. The Balaban J connectivity index is 1.82. The number of aryl methyl sites for hydroxylation is 1. The van der Waals surface area contributed by atoms with Crippen LogP contribution in [0.5, 0.6) is 0 Å². The fourth-order valence-corrected chi connectivity index (χ4v) is 5.08. The monoisotopic (exact) mass is 434 g/mol. The van der Waals surface area contributed by atoms with Crippen molar-refractivity contribution in [3.8, 4) is 0 Å². The van der Waals surface area contributed by atoms with Crippen molar-refractivity contribution in [2.75, 3.05) is 0 Å². The lowest BCUT2D eigenvalue weighted by molar-refractivity contribution is 0.519. The van der Waals surface area contributed by atoms with Gasteiger partial charge in [-0.1, -0.05) is 37.7 Å². The molecule has 0 spiro atoms. The molecule has 0 radical (unpaired) electrons. The molecule has 6 heteroatoms. The summed E-state index contributed by atoms with van der Waals surface area (Å²) >= 11 is 1.47. The fourth-order valence-electron chi connectivity index (χ4n) is 3.96. The van der Waals surface area contributed by atoms with E-state index < -0.39 is 0 Å². The summed E-state index contributed by atoms with van der Waals surface area (Å²) in [6.45, 7) is 10.3. The van der Waals surface area contributed by atoms with E-state index in [9.17, 15) is 9.59 Å². The molecule has 0 atom stereocenters. The Kier molecular flexibility index (Phi) is 5.75. The van der Waals surface area contributed by atoms with Crippen molar-refractivity contribution in [2.45, 2.75) is 57.5 Å². The van der Waals surface area contributed by atoms with Gasteiger partial charge in [0, 0.05) is 23.2 Å². The SMILES string of the molecule is Cc1cc2oc(=O)cc(CSc3nc4ccccc4c(=O)n3C(C)C)c2cc1C(C)C. The van der Waals surface area contributed by atoms with Gasteiger partial charge in [0.1, 0.15) is 5.58 Å². The molecule has 31 heavy (non-hydrogen) atoms. The molecule has 4 aromatic rings. The Labute approximate surface area is 185 Å². The van der Waals surface area contributed by atoms with Gasteiger partial charge in [0.15, 0.2) is 5.16 Å². The van der Waals surface area contributed by atoms with Gasteiger partial charge in [-0.05, 0) is 67.6 Å². The first-order valence-corrected chi connectivity index (χ1v) is 11.5. The Hall–Kier alpha value is -2.86. The van der Waals surface area contributed by atoms with Gasteiger partial charge in [-0.2, -0.15) is 0 Å². The van der Waals surface area contributed by atoms with Crippen LogP contribution < -0.4 is 11.2 Å². The van der Waals surface area contributed by atoms with Crippen LogP contribution in [0.4, 0.5) is 0 Å². The molecule has 0 aliphatic heterocycles. The van der Waals surface area contributed by atoms with Crippen molar-refractivity contribution in [1.29, 1.82) is 0 Å². The maximum Gasteiger partial charge on any atom is 0.336 e. The molecule has 2 aromatic heterocycles. The van der Waals surface area contributed by atoms with Crippen LogP contribution in [0, 0.1) is 6.92 Å². The van der Waals surface area contributed by atoms with Gasteiger partial charge in [-0.15, -0.1) is 0 Å². The van der Waals surface area contributed by atoms with E-state index in [-0.39, 0.29) is 17.2 Å². The molecule has 0 aliphatic rings. The van der Waals surface area contributed by atoms with Crippen LogP contribution in [0.2, 0.25) is 0 Å². The lowest BCUT2D eigenvalue weighted by Gasteiger charge is -2.17. The number of rotatable bonds is 5.